The summed E-state index contributed by atoms with van der Waals surface area (Å²) in [6, 6.07) is 9.83. The number of carbonyl (C=O) groups excluding carboxylic acids is 1. The molecule has 1 N–H and O–H groups in total. The largest absolute Gasteiger partial charge is 0.493 e. The number of amides is 1. The van der Waals surface area contributed by atoms with E-state index in [1.165, 1.54) is 0 Å². The third-order valence-electron chi connectivity index (χ3n) is 4.22. The summed E-state index contributed by atoms with van der Waals surface area (Å²) in [6.45, 7) is 3.40. The third-order valence-corrected chi connectivity index (χ3v) is 5.07. The third kappa shape index (κ3) is 3.49. The summed E-state index contributed by atoms with van der Waals surface area (Å²) >= 11 is 1.66. The van der Waals surface area contributed by atoms with Crippen LogP contribution in [-0.4, -0.2) is 31.2 Å². The second kappa shape index (κ2) is 7.61. The zero-order valence-electron chi connectivity index (χ0n) is 14.7. The molecule has 0 saturated carbocycles. The fourth-order valence-electron chi connectivity index (χ4n) is 2.95. The van der Waals surface area contributed by atoms with E-state index in [0.717, 1.165) is 34.4 Å². The number of hydrogen-bond donors (Lipinski definition) is 1. The van der Waals surface area contributed by atoms with Crippen LogP contribution in [0.15, 0.2) is 35.7 Å². The maximum absolute atomic E-state index is 12.5. The van der Waals surface area contributed by atoms with Crippen LogP contribution >= 0.6 is 11.3 Å². The van der Waals surface area contributed by atoms with Crippen LogP contribution in [0.25, 0.3) is 10.2 Å². The summed E-state index contributed by atoms with van der Waals surface area (Å²) in [5.74, 6) is 1.37. The average molecular weight is 358 g/mol. The first kappa shape index (κ1) is 17.4. The average Bonchev–Trinajstić information content (AvgIpc) is 3.22. The highest BCUT2D eigenvalue weighted by atomic mass is 32.1. The molecule has 0 aliphatic carbocycles. The molecule has 0 bridgehead atoms. The number of fused-ring (bicyclic) bond motifs is 1. The fraction of sp³-hybridized carbons (Fsp3) is 0.316. The Balaban J connectivity index is 1.65. The molecule has 1 aromatic carbocycles. The Morgan fingerprint density at radius 2 is 1.96 bits per heavy atom. The number of carbonyl (C=O) groups is 1. The highest BCUT2D eigenvalue weighted by Gasteiger charge is 2.15. The molecule has 3 rings (SSSR count). The van der Waals surface area contributed by atoms with Gasteiger partial charge in [-0.15, -0.1) is 11.3 Å². The minimum absolute atomic E-state index is 0.0364. The summed E-state index contributed by atoms with van der Waals surface area (Å²) in [5.41, 5.74) is 2.93. The van der Waals surface area contributed by atoms with Crippen LogP contribution in [0.1, 0.15) is 23.0 Å². The molecule has 0 radical (unpaired) electrons. The molecular weight excluding hydrogens is 336 g/mol. The van der Waals surface area contributed by atoms with E-state index in [4.69, 9.17) is 9.47 Å². The van der Waals surface area contributed by atoms with Crippen molar-refractivity contribution >= 4 is 27.5 Å². The molecule has 0 fully saturated rings. The molecular formula is C19H22N2O3S. The van der Waals surface area contributed by atoms with Crippen LogP contribution in [0, 0.1) is 0 Å². The van der Waals surface area contributed by atoms with Crippen LogP contribution < -0.4 is 14.8 Å². The Labute approximate surface area is 151 Å². The fourth-order valence-corrected chi connectivity index (χ4v) is 3.78. The van der Waals surface area contributed by atoms with Gasteiger partial charge in [-0.05, 0) is 48.6 Å². The first-order valence-corrected chi connectivity index (χ1v) is 9.11. The number of nitrogens with one attached hydrogen (secondary N) is 1. The Kier molecular flexibility index (Phi) is 5.28. The predicted octanol–water partition coefficient (Wildman–Crippen LogP) is 3.71. The maximum atomic E-state index is 12.5. The lowest BCUT2D eigenvalue weighted by Crippen LogP contribution is -2.27. The first-order chi connectivity index (χ1) is 12.2. The second-order valence-corrected chi connectivity index (χ2v) is 6.59. The number of methoxy groups -OCH3 is 2. The van der Waals surface area contributed by atoms with Crippen LogP contribution in [-0.2, 0) is 13.0 Å². The van der Waals surface area contributed by atoms with E-state index in [9.17, 15) is 4.79 Å². The zero-order valence-corrected chi connectivity index (χ0v) is 15.5. The van der Waals surface area contributed by atoms with Crippen molar-refractivity contribution in [3.63, 3.8) is 0 Å². The quantitative estimate of drug-likeness (QED) is 0.700. The molecule has 25 heavy (non-hydrogen) atoms. The first-order valence-electron chi connectivity index (χ1n) is 8.23. The van der Waals surface area contributed by atoms with Gasteiger partial charge < -0.3 is 19.4 Å². The Morgan fingerprint density at radius 1 is 1.16 bits per heavy atom. The van der Waals surface area contributed by atoms with Gasteiger partial charge in [0.15, 0.2) is 11.5 Å². The molecule has 0 unspecified atom stereocenters. The van der Waals surface area contributed by atoms with E-state index in [-0.39, 0.29) is 5.91 Å². The number of ether oxygens (including phenoxy) is 2. The molecule has 5 nitrogen and oxygen atoms in total. The standard InChI is InChI=1S/C19H22N2O3S/c1-4-21-14-8-10-25-18(14)12-15(21)19(22)20-9-7-13-5-6-16(23-2)17(11-13)24-3/h5-6,8,10-12H,4,7,9H2,1-3H3,(H,20,22). The number of hydrogen-bond acceptors (Lipinski definition) is 4. The van der Waals surface area contributed by atoms with Gasteiger partial charge in [0.05, 0.1) is 24.4 Å². The van der Waals surface area contributed by atoms with Gasteiger partial charge in [-0.3, -0.25) is 4.79 Å². The van der Waals surface area contributed by atoms with E-state index in [1.807, 2.05) is 24.3 Å². The molecule has 0 spiro atoms. The summed E-state index contributed by atoms with van der Waals surface area (Å²) in [6.07, 6.45) is 0.729. The van der Waals surface area contributed by atoms with Gasteiger partial charge in [-0.2, -0.15) is 0 Å². The topological polar surface area (TPSA) is 52.5 Å². The monoisotopic (exact) mass is 358 g/mol. The van der Waals surface area contributed by atoms with E-state index < -0.39 is 0 Å². The number of aromatic nitrogens is 1. The van der Waals surface area contributed by atoms with E-state index in [1.54, 1.807) is 25.6 Å². The lowest BCUT2D eigenvalue weighted by molar-refractivity contribution is 0.0945. The van der Waals surface area contributed by atoms with Crippen molar-refractivity contribution in [1.82, 2.24) is 9.88 Å². The van der Waals surface area contributed by atoms with Gasteiger partial charge in [0.25, 0.3) is 5.91 Å². The van der Waals surface area contributed by atoms with Crippen molar-refractivity contribution in [3.8, 4) is 11.5 Å². The SMILES string of the molecule is CCn1c(C(=O)NCCc2ccc(OC)c(OC)c2)cc2sccc21. The Bertz CT molecular complexity index is 882. The number of rotatable bonds is 7. The summed E-state index contributed by atoms with van der Waals surface area (Å²) in [4.78, 5) is 12.5. The van der Waals surface area contributed by atoms with Crippen molar-refractivity contribution in [3.05, 3.63) is 47.0 Å². The van der Waals surface area contributed by atoms with E-state index >= 15 is 0 Å². The number of nitrogens with zero attached hydrogens (tertiary/aromatic N) is 1. The van der Waals surface area contributed by atoms with Gasteiger partial charge in [-0.1, -0.05) is 6.07 Å². The molecule has 0 aliphatic heterocycles. The van der Waals surface area contributed by atoms with Crippen molar-refractivity contribution in [1.29, 1.82) is 0 Å². The number of thiophene rings is 1. The Morgan fingerprint density at radius 3 is 2.68 bits per heavy atom. The van der Waals surface area contributed by atoms with Crippen LogP contribution in [0.4, 0.5) is 0 Å². The summed E-state index contributed by atoms with van der Waals surface area (Å²) < 4.78 is 13.8. The van der Waals surface area contributed by atoms with Crippen molar-refractivity contribution in [2.75, 3.05) is 20.8 Å². The predicted molar refractivity (Wildman–Crippen MR) is 101 cm³/mol. The van der Waals surface area contributed by atoms with Gasteiger partial charge >= 0.3 is 0 Å². The number of aryl methyl sites for hydroxylation is 1. The zero-order chi connectivity index (χ0) is 17.8. The lowest BCUT2D eigenvalue weighted by atomic mass is 10.1. The molecule has 2 heterocycles. The molecule has 132 valence electrons. The summed E-state index contributed by atoms with van der Waals surface area (Å²) in [5, 5.41) is 5.06. The molecule has 1 amide bonds. The normalized spacial score (nSPS) is 10.8. The van der Waals surface area contributed by atoms with Crippen molar-refractivity contribution < 1.29 is 14.3 Å². The summed E-state index contributed by atoms with van der Waals surface area (Å²) in [7, 11) is 3.24. The van der Waals surface area contributed by atoms with Gasteiger partial charge in [-0.25, -0.2) is 0 Å². The van der Waals surface area contributed by atoms with E-state index in [2.05, 4.69) is 28.3 Å². The van der Waals surface area contributed by atoms with Crippen LogP contribution in [0.5, 0.6) is 11.5 Å². The highest BCUT2D eigenvalue weighted by Crippen LogP contribution is 2.28. The van der Waals surface area contributed by atoms with Gasteiger partial charge in [0.1, 0.15) is 5.69 Å². The van der Waals surface area contributed by atoms with E-state index in [0.29, 0.717) is 18.0 Å². The van der Waals surface area contributed by atoms with Crippen molar-refractivity contribution in [2.45, 2.75) is 19.9 Å². The van der Waals surface area contributed by atoms with Crippen LogP contribution in [0.2, 0.25) is 0 Å². The Hall–Kier alpha value is -2.47. The van der Waals surface area contributed by atoms with Crippen molar-refractivity contribution in [2.24, 2.45) is 0 Å². The minimum atomic E-state index is -0.0364. The van der Waals surface area contributed by atoms with Gasteiger partial charge in [0.2, 0.25) is 0 Å². The molecule has 2 aromatic heterocycles. The number of benzene rings is 1. The second-order valence-electron chi connectivity index (χ2n) is 5.64. The maximum Gasteiger partial charge on any atom is 0.267 e. The minimum Gasteiger partial charge on any atom is -0.493 e. The van der Waals surface area contributed by atoms with Gasteiger partial charge in [0, 0.05) is 13.1 Å². The molecule has 6 heteroatoms. The molecule has 0 atom stereocenters. The van der Waals surface area contributed by atoms with Crippen LogP contribution in [0.3, 0.4) is 0 Å². The lowest BCUT2D eigenvalue weighted by Gasteiger charge is -2.11. The molecule has 3 aromatic rings. The molecule has 0 aliphatic rings. The highest BCUT2D eigenvalue weighted by molar-refractivity contribution is 7.17. The smallest absolute Gasteiger partial charge is 0.267 e. The molecule has 0 saturated heterocycles.